The number of Topliss-reactive ketones (excluding diaryl/α,β-unsaturated/α-hetero) is 1. The number of rotatable bonds is 2. The smallest absolute Gasteiger partial charge is 0.133 e. The van der Waals surface area contributed by atoms with Crippen LogP contribution in [-0.4, -0.2) is 21.1 Å². The lowest BCUT2D eigenvalue weighted by molar-refractivity contribution is -0.121. The lowest BCUT2D eigenvalue weighted by Crippen LogP contribution is -2.33. The number of aromatic hydroxyl groups is 3. The Labute approximate surface area is 164 Å². The Kier molecular flexibility index (Phi) is 5.99. The van der Waals surface area contributed by atoms with Gasteiger partial charge in [0.15, 0.2) is 0 Å². The number of benzene rings is 3. The number of hydrogen-bond donors (Lipinski definition) is 3. The van der Waals surface area contributed by atoms with Crippen LogP contribution in [0.5, 0.6) is 17.2 Å². The van der Waals surface area contributed by atoms with Gasteiger partial charge in [0.25, 0.3) is 0 Å². The van der Waals surface area contributed by atoms with Gasteiger partial charge in [-0.3, -0.25) is 4.79 Å². The van der Waals surface area contributed by atoms with Crippen LogP contribution < -0.4 is 0 Å². The van der Waals surface area contributed by atoms with E-state index in [0.717, 1.165) is 24.0 Å². The average molecular weight is 376 g/mol. The molecule has 144 valence electrons. The van der Waals surface area contributed by atoms with Gasteiger partial charge in [-0.15, -0.1) is 0 Å². The molecule has 0 radical (unpaired) electrons. The van der Waals surface area contributed by atoms with Crippen molar-refractivity contribution in [3.8, 4) is 17.2 Å². The minimum Gasteiger partial charge on any atom is -0.508 e. The third-order valence-corrected chi connectivity index (χ3v) is 5.26. The number of carbonyl (C=O) groups is 1. The Hall–Kier alpha value is -3.27. The number of carbonyl (C=O) groups excluding carboxylic acids is 1. The van der Waals surface area contributed by atoms with Crippen LogP contribution in [0.15, 0.2) is 78.9 Å². The molecule has 0 unspecified atom stereocenters. The van der Waals surface area contributed by atoms with Crippen LogP contribution in [0.2, 0.25) is 0 Å². The molecule has 0 heterocycles. The van der Waals surface area contributed by atoms with E-state index in [1.165, 1.54) is 0 Å². The van der Waals surface area contributed by atoms with Crippen molar-refractivity contribution in [2.24, 2.45) is 0 Å². The van der Waals surface area contributed by atoms with E-state index in [9.17, 15) is 15.0 Å². The Morgan fingerprint density at radius 1 is 0.571 bits per heavy atom. The van der Waals surface area contributed by atoms with Crippen molar-refractivity contribution >= 4 is 5.78 Å². The van der Waals surface area contributed by atoms with Gasteiger partial charge in [-0.25, -0.2) is 0 Å². The molecule has 0 bridgehead atoms. The second kappa shape index (κ2) is 8.61. The van der Waals surface area contributed by atoms with Gasteiger partial charge >= 0.3 is 0 Å². The summed E-state index contributed by atoms with van der Waals surface area (Å²) >= 11 is 0. The molecule has 4 rings (SSSR count). The first kappa shape index (κ1) is 19.5. The molecule has 0 amide bonds. The first-order chi connectivity index (χ1) is 13.5. The number of ketones is 1. The fraction of sp³-hybridized carbons (Fsp3) is 0.208. The number of phenols is 3. The van der Waals surface area contributed by atoms with Crippen molar-refractivity contribution in [1.82, 2.24) is 0 Å². The molecule has 1 aliphatic carbocycles. The summed E-state index contributed by atoms with van der Waals surface area (Å²) in [5.41, 5.74) is 2.01. The van der Waals surface area contributed by atoms with Gasteiger partial charge in [-0.1, -0.05) is 42.5 Å². The second-order valence-corrected chi connectivity index (χ2v) is 7.05. The van der Waals surface area contributed by atoms with E-state index in [1.807, 2.05) is 30.3 Å². The Balaban J connectivity index is 0.000000271. The highest BCUT2D eigenvalue weighted by molar-refractivity contribution is 5.80. The topological polar surface area (TPSA) is 77.8 Å². The highest BCUT2D eigenvalue weighted by atomic mass is 16.3. The molecule has 0 saturated heterocycles. The molecule has 0 spiro atoms. The zero-order valence-electron chi connectivity index (χ0n) is 15.6. The first-order valence-electron chi connectivity index (χ1n) is 9.34. The molecule has 3 aromatic rings. The van der Waals surface area contributed by atoms with E-state index in [0.29, 0.717) is 24.4 Å². The van der Waals surface area contributed by atoms with Crippen molar-refractivity contribution < 1.29 is 20.1 Å². The molecule has 28 heavy (non-hydrogen) atoms. The number of phenolic OH excluding ortho intramolecular Hbond substituents is 3. The molecule has 4 nitrogen and oxygen atoms in total. The van der Waals surface area contributed by atoms with Gasteiger partial charge in [-0.05, 0) is 60.4 Å². The van der Waals surface area contributed by atoms with Gasteiger partial charge in [0, 0.05) is 18.3 Å². The van der Waals surface area contributed by atoms with E-state index in [-0.39, 0.29) is 16.9 Å². The monoisotopic (exact) mass is 376 g/mol. The standard InChI is InChI=1S/C18H18O3.C6H6O/c19-15-5-1-13(2-6-15)18(11-9-17(21)10-12-18)14-3-7-16(20)8-4-14;7-6-4-2-1-3-5-6/h1-8,19-20H,9-12H2;1-5,7H. The van der Waals surface area contributed by atoms with Crippen LogP contribution in [-0.2, 0) is 10.2 Å². The van der Waals surface area contributed by atoms with Gasteiger partial charge in [0.05, 0.1) is 0 Å². The maximum atomic E-state index is 11.6. The van der Waals surface area contributed by atoms with Crippen molar-refractivity contribution in [3.63, 3.8) is 0 Å². The molecular formula is C24H24O4. The Morgan fingerprint density at radius 2 is 0.964 bits per heavy atom. The van der Waals surface area contributed by atoms with Crippen LogP contribution in [0.25, 0.3) is 0 Å². The van der Waals surface area contributed by atoms with Crippen molar-refractivity contribution in [3.05, 3.63) is 90.0 Å². The SMILES string of the molecule is O=C1CCC(c2ccc(O)cc2)(c2ccc(O)cc2)CC1.Oc1ccccc1. The van der Waals surface area contributed by atoms with Gasteiger partial charge in [0.1, 0.15) is 23.0 Å². The predicted octanol–water partition coefficient (Wildman–Crippen LogP) is 4.92. The molecule has 1 aliphatic rings. The predicted molar refractivity (Wildman–Crippen MR) is 109 cm³/mol. The van der Waals surface area contributed by atoms with E-state index in [4.69, 9.17) is 5.11 Å². The summed E-state index contributed by atoms with van der Waals surface area (Å²) in [6, 6.07) is 23.2. The summed E-state index contributed by atoms with van der Waals surface area (Å²) in [4.78, 5) is 11.6. The molecular weight excluding hydrogens is 352 g/mol. The lowest BCUT2D eigenvalue weighted by atomic mass is 9.65. The minimum absolute atomic E-state index is 0.213. The fourth-order valence-corrected chi connectivity index (χ4v) is 3.69. The Bertz CT molecular complexity index is 842. The third kappa shape index (κ3) is 4.52. The average Bonchev–Trinajstić information content (AvgIpc) is 2.71. The summed E-state index contributed by atoms with van der Waals surface area (Å²) in [5.74, 6) is 1.11. The van der Waals surface area contributed by atoms with Crippen LogP contribution in [0.1, 0.15) is 36.8 Å². The zero-order valence-corrected chi connectivity index (χ0v) is 15.6. The van der Waals surface area contributed by atoms with E-state index < -0.39 is 0 Å². The molecule has 3 aromatic carbocycles. The summed E-state index contributed by atoms with van der Waals surface area (Å²) in [6.45, 7) is 0. The summed E-state index contributed by atoms with van der Waals surface area (Å²) < 4.78 is 0. The molecule has 1 fully saturated rings. The van der Waals surface area contributed by atoms with Crippen LogP contribution in [0.4, 0.5) is 0 Å². The maximum Gasteiger partial charge on any atom is 0.133 e. The van der Waals surface area contributed by atoms with Gasteiger partial charge in [0.2, 0.25) is 0 Å². The summed E-state index contributed by atoms with van der Waals surface area (Å²) in [5, 5.41) is 27.6. The highest BCUT2D eigenvalue weighted by Gasteiger charge is 2.37. The van der Waals surface area contributed by atoms with Gasteiger partial charge in [-0.2, -0.15) is 0 Å². The van der Waals surface area contributed by atoms with Gasteiger partial charge < -0.3 is 15.3 Å². The maximum absolute atomic E-state index is 11.6. The largest absolute Gasteiger partial charge is 0.508 e. The normalized spacial score (nSPS) is 15.4. The van der Waals surface area contributed by atoms with Crippen LogP contribution in [0.3, 0.4) is 0 Å². The van der Waals surface area contributed by atoms with E-state index >= 15 is 0 Å². The molecule has 0 aliphatic heterocycles. The van der Waals surface area contributed by atoms with Crippen LogP contribution >= 0.6 is 0 Å². The number of para-hydroxylation sites is 1. The second-order valence-electron chi connectivity index (χ2n) is 7.05. The summed E-state index contributed by atoms with van der Waals surface area (Å²) in [6.07, 6.45) is 2.67. The van der Waals surface area contributed by atoms with Crippen molar-refractivity contribution in [1.29, 1.82) is 0 Å². The molecule has 1 saturated carbocycles. The molecule has 0 atom stereocenters. The zero-order chi connectivity index (χ0) is 20.0. The van der Waals surface area contributed by atoms with Crippen molar-refractivity contribution in [2.75, 3.05) is 0 Å². The minimum atomic E-state index is -0.213. The Morgan fingerprint density at radius 3 is 1.32 bits per heavy atom. The van der Waals surface area contributed by atoms with Crippen LogP contribution in [0, 0.1) is 0 Å². The molecule has 3 N–H and O–H groups in total. The molecule has 0 aromatic heterocycles. The summed E-state index contributed by atoms with van der Waals surface area (Å²) in [7, 11) is 0. The molecule has 4 heteroatoms. The third-order valence-electron chi connectivity index (χ3n) is 5.26. The quantitative estimate of drug-likeness (QED) is 0.593. The van der Waals surface area contributed by atoms with Crippen molar-refractivity contribution in [2.45, 2.75) is 31.1 Å². The first-order valence-corrected chi connectivity index (χ1v) is 9.34. The highest BCUT2D eigenvalue weighted by Crippen LogP contribution is 2.44. The fourth-order valence-electron chi connectivity index (χ4n) is 3.69. The van der Waals surface area contributed by atoms with E-state index in [1.54, 1.807) is 48.5 Å². The van der Waals surface area contributed by atoms with E-state index in [2.05, 4.69) is 0 Å². The lowest BCUT2D eigenvalue weighted by Gasteiger charge is -2.38. The number of hydrogen-bond acceptors (Lipinski definition) is 4.